The van der Waals surface area contributed by atoms with Crippen LogP contribution < -0.4 is 32.6 Å². The molecule has 0 fully saturated rings. The molecule has 6 N–H and O–H groups in total. The van der Waals surface area contributed by atoms with E-state index in [9.17, 15) is 33.2 Å². The lowest BCUT2D eigenvalue weighted by Crippen LogP contribution is -2.37. The number of aromatic amines is 3. The van der Waals surface area contributed by atoms with Crippen LogP contribution in [-0.4, -0.2) is 116 Å². The van der Waals surface area contributed by atoms with E-state index in [0.29, 0.717) is 63.1 Å². The Morgan fingerprint density at radius 2 is 0.800 bits per heavy atom. The van der Waals surface area contributed by atoms with Crippen molar-refractivity contribution in [3.05, 3.63) is 233 Å². The summed E-state index contributed by atoms with van der Waals surface area (Å²) in [6, 6.07) is 20.9. The predicted octanol–water partition coefficient (Wildman–Crippen LogP) is 7.53. The normalized spacial score (nSPS) is 17.3. The monoisotopic (exact) mass is 1340 g/mol. The van der Waals surface area contributed by atoms with Gasteiger partial charge in [0, 0.05) is 18.8 Å². The van der Waals surface area contributed by atoms with Gasteiger partial charge in [-0.15, -0.1) is 0 Å². The fraction of sp³-hybridized carbons (Fsp3) is 0.257. The van der Waals surface area contributed by atoms with Crippen molar-refractivity contribution in [2.24, 2.45) is 0 Å². The number of nitrogens with zero attached hydrogens (tertiary/aromatic N) is 17. The first-order valence-corrected chi connectivity index (χ1v) is 32.3. The molecule has 29 nitrogen and oxygen atoms in total. The Bertz CT molecular complexity index is 5400. The van der Waals surface area contributed by atoms with E-state index in [1.54, 1.807) is 89.6 Å². The minimum atomic E-state index is -1.24. The van der Waals surface area contributed by atoms with E-state index in [1.807, 2.05) is 57.2 Å². The third kappa shape index (κ3) is 11.4. The number of aryl methyl sites for hydroxylation is 5. The molecule has 0 spiro atoms. The van der Waals surface area contributed by atoms with Crippen molar-refractivity contribution >= 4 is 52.1 Å². The summed E-state index contributed by atoms with van der Waals surface area (Å²) in [7, 11) is 0. The molecule has 3 aliphatic heterocycles. The van der Waals surface area contributed by atoms with Gasteiger partial charge < -0.3 is 30.9 Å². The largest absolute Gasteiger partial charge is 0.309 e. The number of hydrogen-bond acceptors (Lipinski definition) is 20. The number of pyridine rings is 2. The zero-order valence-electron chi connectivity index (χ0n) is 55.4. The highest BCUT2D eigenvalue weighted by Gasteiger charge is 2.51. The average molecular weight is 1340 g/mol. The van der Waals surface area contributed by atoms with Crippen LogP contribution in [0.25, 0.3) is 51.5 Å². The lowest BCUT2D eigenvalue weighted by molar-refractivity contribution is -0.119. The van der Waals surface area contributed by atoms with Crippen molar-refractivity contribution in [2.45, 2.75) is 117 Å². The van der Waals surface area contributed by atoms with Crippen LogP contribution in [0.1, 0.15) is 133 Å². The smallest absolute Gasteiger partial charge is 0.258 e. The van der Waals surface area contributed by atoms with Gasteiger partial charge in [-0.2, -0.15) is 15.3 Å². The van der Waals surface area contributed by atoms with Gasteiger partial charge in [-0.3, -0.25) is 38.7 Å². The molecule has 13 aromatic rings. The maximum atomic E-state index is 13.4. The first-order valence-electron chi connectivity index (χ1n) is 32.3. The summed E-state index contributed by atoms with van der Waals surface area (Å²) >= 11 is 0. The van der Waals surface area contributed by atoms with Crippen LogP contribution in [0, 0.1) is 26.6 Å². The van der Waals surface area contributed by atoms with Crippen LogP contribution in [0.4, 0.5) is 21.8 Å². The minimum Gasteiger partial charge on any atom is -0.309 e. The molecule has 0 saturated heterocycles. The second kappa shape index (κ2) is 25.4. The zero-order chi connectivity index (χ0) is 69.9. The van der Waals surface area contributed by atoms with Gasteiger partial charge in [0.15, 0.2) is 34.4 Å². The quantitative estimate of drug-likeness (QED) is 0.0612. The Morgan fingerprint density at radius 1 is 0.430 bits per heavy atom. The zero-order valence-corrected chi connectivity index (χ0v) is 55.4. The topological polar surface area (TPSA) is 380 Å². The van der Waals surface area contributed by atoms with E-state index in [4.69, 9.17) is 0 Å². The van der Waals surface area contributed by atoms with Gasteiger partial charge in [0.2, 0.25) is 17.7 Å². The van der Waals surface area contributed by atoms with Crippen LogP contribution >= 0.6 is 0 Å². The van der Waals surface area contributed by atoms with E-state index in [0.717, 1.165) is 72.2 Å². The maximum Gasteiger partial charge on any atom is 0.258 e. The van der Waals surface area contributed by atoms with Crippen molar-refractivity contribution < 1.29 is 18.8 Å². The van der Waals surface area contributed by atoms with Crippen LogP contribution in [0.5, 0.6) is 0 Å². The van der Waals surface area contributed by atoms with Gasteiger partial charge in [0.05, 0.1) is 63.8 Å². The van der Waals surface area contributed by atoms with Crippen LogP contribution in [0.15, 0.2) is 137 Å². The standard InChI is InChI=1S/C26H20FN7O2.2C22H22N8O2/c1-14-3-7-16(8-4-14)26(2)20-22(33-25(26)36)31-21(32-24(20)35)19-12-34-23(28-13-29-34)18(30-19)11-15-5-9-17(27)10-6-15;2*1-4-5-6-13-19-24-11-25-30(19)10-14(26-13)17-27-18-16(20(31)28-17)22(3,21(32)29-18)15-8-7-12(2)9-23-15/h3-10,12-13H,11H2,1-2H3,(H2,31,32,33,35,36);2*7-11H,4-6H2,1-3H3,(H2,27,28,29,31,32)/t26-;;/m0../s1. The predicted molar refractivity (Wildman–Crippen MR) is 365 cm³/mol. The Morgan fingerprint density at radius 3 is 1.19 bits per heavy atom. The molecule has 0 radical (unpaired) electrons. The highest BCUT2D eigenvalue weighted by molar-refractivity contribution is 6.09. The molecule has 14 heterocycles. The number of H-pyrrole nitrogens is 3. The first kappa shape index (κ1) is 64.7. The summed E-state index contributed by atoms with van der Waals surface area (Å²) in [5.74, 6) is -0.0167. The number of halogens is 1. The SMILES string of the molecule is CCCCc1nc(-c2nc3c(c(=O)[nH]2)C(C)(c2ccc(C)cn2)C(=O)N3)cn2ncnc12.CCCCc1nc(-c2nc3c(c(=O)[nH]2)C(C)(c2ccc(C)cn2)C(=O)N3)cn2ncnc12.Cc1ccc([C@]2(C)C(=O)Nc3nc(-c4cn5ncnc5c(Cc5ccc(F)cc5)n4)[nH]c(=O)c32)cc1. The highest BCUT2D eigenvalue weighted by Crippen LogP contribution is 2.43. The Balaban J connectivity index is 0.000000128. The average Bonchev–Trinajstić information content (AvgIpc) is 1.57. The molecule has 0 saturated carbocycles. The number of carbonyl (C=O) groups excluding carboxylic acids is 3. The number of hydrogen-bond donors (Lipinski definition) is 6. The molecular formula is C70H64FN23O6. The Kier molecular flexibility index (Phi) is 16.4. The number of rotatable bonds is 14. The summed E-state index contributed by atoms with van der Waals surface area (Å²) in [5, 5.41) is 20.9. The van der Waals surface area contributed by atoms with Gasteiger partial charge in [-0.25, -0.2) is 62.8 Å². The molecule has 0 bridgehead atoms. The number of fused-ring (bicyclic) bond motifs is 6. The molecule has 3 amide bonds. The van der Waals surface area contributed by atoms with Crippen molar-refractivity contribution in [3.8, 4) is 34.6 Å². The summed E-state index contributed by atoms with van der Waals surface area (Å²) in [4.78, 5) is 137. The molecule has 2 aromatic carbocycles. The fourth-order valence-electron chi connectivity index (χ4n) is 12.6. The molecule has 2 unspecified atom stereocenters. The number of aromatic nitrogens is 20. The number of unbranched alkanes of at least 4 members (excludes halogenated alkanes) is 2. The number of amides is 3. The minimum absolute atomic E-state index is 0.185. The Hall–Kier alpha value is -12.6. The lowest BCUT2D eigenvalue weighted by Gasteiger charge is -2.21. The lowest BCUT2D eigenvalue weighted by atomic mass is 9.78. The van der Waals surface area contributed by atoms with Gasteiger partial charge in [-0.1, -0.05) is 80.8 Å². The van der Waals surface area contributed by atoms with Crippen molar-refractivity contribution in [1.29, 1.82) is 0 Å². The first-order chi connectivity index (χ1) is 48.1. The maximum absolute atomic E-state index is 13.4. The number of benzene rings is 2. The van der Waals surface area contributed by atoms with E-state index in [1.165, 1.54) is 31.1 Å². The van der Waals surface area contributed by atoms with Crippen molar-refractivity contribution in [3.63, 3.8) is 0 Å². The summed E-state index contributed by atoms with van der Waals surface area (Å²) in [6.07, 6.45) is 18.4. The molecule has 11 aromatic heterocycles. The van der Waals surface area contributed by atoms with Gasteiger partial charge in [0.25, 0.3) is 16.7 Å². The van der Waals surface area contributed by atoms with E-state index < -0.39 is 32.9 Å². The summed E-state index contributed by atoms with van der Waals surface area (Å²) in [6.45, 7) is 15.1. The van der Waals surface area contributed by atoms with Crippen LogP contribution in [0.2, 0.25) is 0 Å². The third-order valence-electron chi connectivity index (χ3n) is 18.3. The van der Waals surface area contributed by atoms with Crippen LogP contribution in [-0.2, 0) is 49.9 Å². The van der Waals surface area contributed by atoms with E-state index in [-0.39, 0.29) is 75.2 Å². The van der Waals surface area contributed by atoms with E-state index >= 15 is 0 Å². The number of anilines is 3. The number of nitrogens with one attached hydrogen (secondary N) is 6. The molecular weight excluding hydrogens is 1280 g/mol. The van der Waals surface area contributed by atoms with Crippen LogP contribution in [0.3, 0.4) is 0 Å². The fourth-order valence-corrected chi connectivity index (χ4v) is 12.6. The van der Waals surface area contributed by atoms with Crippen molar-refractivity contribution in [2.75, 3.05) is 16.0 Å². The van der Waals surface area contributed by atoms with Crippen molar-refractivity contribution in [1.82, 2.24) is 98.6 Å². The molecule has 0 aliphatic carbocycles. The molecule has 502 valence electrons. The number of carbonyl (C=O) groups is 3. The second-order valence-electron chi connectivity index (χ2n) is 25.3. The summed E-state index contributed by atoms with van der Waals surface area (Å²) in [5.41, 5.74) is 6.60. The second-order valence-corrected chi connectivity index (χ2v) is 25.3. The molecule has 3 aliphatic rings. The van der Waals surface area contributed by atoms with Gasteiger partial charge >= 0.3 is 0 Å². The molecule has 3 atom stereocenters. The molecule has 16 rings (SSSR count). The molecule has 30 heteroatoms. The Labute approximate surface area is 566 Å². The summed E-state index contributed by atoms with van der Waals surface area (Å²) < 4.78 is 18.1. The van der Waals surface area contributed by atoms with Gasteiger partial charge in [-0.05, 0) is 114 Å². The molecule has 100 heavy (non-hydrogen) atoms. The van der Waals surface area contributed by atoms with Gasteiger partial charge in [0.1, 0.15) is 75.6 Å². The highest BCUT2D eigenvalue weighted by atomic mass is 19.1. The third-order valence-corrected chi connectivity index (χ3v) is 18.3. The van der Waals surface area contributed by atoms with E-state index in [2.05, 4.69) is 115 Å².